The first-order valence-electron chi connectivity index (χ1n) is 7.20. The van der Waals surface area contributed by atoms with Crippen LogP contribution in [-0.2, 0) is 11.0 Å². The van der Waals surface area contributed by atoms with Crippen molar-refractivity contribution in [1.29, 1.82) is 0 Å². The van der Waals surface area contributed by atoms with Gasteiger partial charge in [0, 0.05) is 18.8 Å². The van der Waals surface area contributed by atoms with Gasteiger partial charge in [-0.3, -0.25) is 19.3 Å². The molecule has 0 aliphatic heterocycles. The Bertz CT molecular complexity index is 814. The lowest BCUT2D eigenvalue weighted by molar-refractivity contribution is -0.137. The van der Waals surface area contributed by atoms with E-state index in [-0.39, 0.29) is 11.3 Å². The maximum absolute atomic E-state index is 14.2. The molecule has 0 saturated heterocycles. The average Bonchev–Trinajstić information content (AvgIpc) is 2.61. The molecule has 10 heteroatoms. The lowest BCUT2D eigenvalue weighted by Crippen LogP contribution is -2.29. The number of pyridine rings is 1. The van der Waals surface area contributed by atoms with Gasteiger partial charge in [0.1, 0.15) is 11.7 Å². The summed E-state index contributed by atoms with van der Waals surface area (Å²) in [6.07, 6.45) is -3.75. The van der Waals surface area contributed by atoms with Crippen molar-refractivity contribution in [3.8, 4) is 0 Å². The van der Waals surface area contributed by atoms with Crippen molar-refractivity contribution in [2.24, 2.45) is 0 Å². The molecule has 0 bridgehead atoms. The topological polar surface area (TPSA) is 71.1 Å². The number of halogens is 4. The standard InChI is InChI=1S/C16H13F4N3O2S/c1-21-15(25)26-23-14(24)13(10-4-2-3-5-11(10)17)12-8-9(6-7-22-12)16(18,19)20/h2-8,13H,1H3,(H,21,25)(H,23,24). The fourth-order valence-electron chi connectivity index (χ4n) is 2.13. The van der Waals surface area contributed by atoms with Crippen LogP contribution >= 0.6 is 11.9 Å². The summed E-state index contributed by atoms with van der Waals surface area (Å²) in [4.78, 5) is 27.5. The number of amides is 2. The Morgan fingerprint density at radius 3 is 2.50 bits per heavy atom. The third kappa shape index (κ3) is 4.72. The Balaban J connectivity index is 2.46. The van der Waals surface area contributed by atoms with Crippen molar-refractivity contribution < 1.29 is 27.2 Å². The molecule has 1 heterocycles. The van der Waals surface area contributed by atoms with Gasteiger partial charge in [-0.1, -0.05) is 18.2 Å². The van der Waals surface area contributed by atoms with E-state index in [0.29, 0.717) is 18.0 Å². The van der Waals surface area contributed by atoms with Crippen molar-refractivity contribution in [3.05, 3.63) is 65.2 Å². The molecule has 0 aliphatic carbocycles. The molecule has 138 valence electrons. The molecule has 0 radical (unpaired) electrons. The molecule has 2 amide bonds. The summed E-state index contributed by atoms with van der Waals surface area (Å²) in [7, 11) is 1.34. The predicted octanol–water partition coefficient (Wildman–Crippen LogP) is 3.48. The molecule has 1 unspecified atom stereocenters. The molecular formula is C16H13F4N3O2S. The zero-order valence-electron chi connectivity index (χ0n) is 13.3. The highest BCUT2D eigenvalue weighted by atomic mass is 32.2. The van der Waals surface area contributed by atoms with Crippen LogP contribution in [0.15, 0.2) is 42.6 Å². The third-order valence-electron chi connectivity index (χ3n) is 3.33. The third-order valence-corrected chi connectivity index (χ3v) is 4.02. The maximum atomic E-state index is 14.2. The van der Waals surface area contributed by atoms with E-state index in [9.17, 15) is 27.2 Å². The van der Waals surface area contributed by atoms with Gasteiger partial charge in [-0.2, -0.15) is 13.2 Å². The highest BCUT2D eigenvalue weighted by molar-refractivity contribution is 8.12. The van der Waals surface area contributed by atoms with Crippen molar-refractivity contribution in [3.63, 3.8) is 0 Å². The lowest BCUT2D eigenvalue weighted by Gasteiger charge is -2.18. The summed E-state index contributed by atoms with van der Waals surface area (Å²) >= 11 is 0.396. The van der Waals surface area contributed by atoms with Crippen LogP contribution in [0.25, 0.3) is 0 Å². The fraction of sp³-hybridized carbons (Fsp3) is 0.188. The van der Waals surface area contributed by atoms with Crippen LogP contribution in [0.3, 0.4) is 0 Å². The summed E-state index contributed by atoms with van der Waals surface area (Å²) in [5.41, 5.74) is -1.47. The second-order valence-electron chi connectivity index (χ2n) is 5.03. The zero-order chi connectivity index (χ0) is 19.3. The number of rotatable bonds is 3. The summed E-state index contributed by atoms with van der Waals surface area (Å²) in [5.74, 6) is -3.12. The molecule has 2 aromatic rings. The Labute approximate surface area is 150 Å². The van der Waals surface area contributed by atoms with Crippen LogP contribution in [-0.4, -0.2) is 23.2 Å². The second kappa shape index (κ2) is 8.17. The van der Waals surface area contributed by atoms with Crippen molar-refractivity contribution in [2.75, 3.05) is 7.05 Å². The van der Waals surface area contributed by atoms with E-state index in [1.165, 1.54) is 25.2 Å². The van der Waals surface area contributed by atoms with Crippen LogP contribution in [0, 0.1) is 5.82 Å². The quantitative estimate of drug-likeness (QED) is 0.625. The van der Waals surface area contributed by atoms with Crippen LogP contribution in [0.5, 0.6) is 0 Å². The number of hydrogen-bond acceptors (Lipinski definition) is 4. The van der Waals surface area contributed by atoms with Crippen molar-refractivity contribution in [1.82, 2.24) is 15.0 Å². The molecule has 1 aromatic heterocycles. The first-order chi connectivity index (χ1) is 12.2. The Morgan fingerprint density at radius 1 is 1.19 bits per heavy atom. The highest BCUT2D eigenvalue weighted by Gasteiger charge is 2.33. The molecule has 0 fully saturated rings. The molecule has 1 aromatic carbocycles. The van der Waals surface area contributed by atoms with Crippen molar-refractivity contribution >= 4 is 23.1 Å². The minimum Gasteiger partial charge on any atom is -0.349 e. The molecule has 0 spiro atoms. The first kappa shape index (κ1) is 19.7. The van der Waals surface area contributed by atoms with Gasteiger partial charge >= 0.3 is 6.18 Å². The van der Waals surface area contributed by atoms with Gasteiger partial charge in [-0.15, -0.1) is 0 Å². The summed E-state index contributed by atoms with van der Waals surface area (Å²) in [6, 6.07) is 6.60. The molecule has 2 rings (SSSR count). The minimum atomic E-state index is -4.65. The Hall–Kier alpha value is -2.62. The first-order valence-corrected chi connectivity index (χ1v) is 8.01. The number of carbonyl (C=O) groups is 2. The van der Waals surface area contributed by atoms with E-state index in [1.54, 1.807) is 0 Å². The SMILES string of the molecule is CNC(=O)SNC(=O)C(c1cc(C(F)(F)F)ccn1)c1ccccc1F. The molecule has 0 aliphatic rings. The van der Waals surface area contributed by atoms with E-state index in [4.69, 9.17) is 0 Å². The number of benzene rings is 1. The molecular weight excluding hydrogens is 374 g/mol. The maximum Gasteiger partial charge on any atom is 0.416 e. The van der Waals surface area contributed by atoms with Crippen molar-refractivity contribution in [2.45, 2.75) is 12.1 Å². The lowest BCUT2D eigenvalue weighted by atomic mass is 9.93. The van der Waals surface area contributed by atoms with E-state index < -0.39 is 34.6 Å². The predicted molar refractivity (Wildman–Crippen MR) is 87.7 cm³/mol. The Kier molecular flexibility index (Phi) is 6.19. The smallest absolute Gasteiger partial charge is 0.349 e. The monoisotopic (exact) mass is 387 g/mol. The molecule has 2 N–H and O–H groups in total. The van der Waals surface area contributed by atoms with Gasteiger partial charge in [0.25, 0.3) is 5.24 Å². The number of nitrogens with one attached hydrogen (secondary N) is 2. The molecule has 5 nitrogen and oxygen atoms in total. The summed E-state index contributed by atoms with van der Waals surface area (Å²) in [6.45, 7) is 0. The van der Waals surface area contributed by atoms with Crippen LogP contribution in [0.2, 0.25) is 0 Å². The van der Waals surface area contributed by atoms with Crippen LogP contribution in [0.1, 0.15) is 22.7 Å². The molecule has 26 heavy (non-hydrogen) atoms. The number of aromatic nitrogens is 1. The van der Waals surface area contributed by atoms with Gasteiger partial charge in [0.05, 0.1) is 23.2 Å². The molecule has 0 saturated carbocycles. The number of carbonyl (C=O) groups excluding carboxylic acids is 2. The van der Waals surface area contributed by atoms with E-state index >= 15 is 0 Å². The zero-order valence-corrected chi connectivity index (χ0v) is 14.1. The summed E-state index contributed by atoms with van der Waals surface area (Å²) in [5, 5.41) is 1.66. The summed E-state index contributed by atoms with van der Waals surface area (Å²) < 4.78 is 55.2. The van der Waals surface area contributed by atoms with Gasteiger partial charge in [-0.25, -0.2) is 4.39 Å². The Morgan fingerprint density at radius 2 is 1.88 bits per heavy atom. The number of alkyl halides is 3. The van der Waals surface area contributed by atoms with Crippen LogP contribution < -0.4 is 10.0 Å². The van der Waals surface area contributed by atoms with E-state index in [1.807, 2.05) is 0 Å². The second-order valence-corrected chi connectivity index (χ2v) is 5.81. The van der Waals surface area contributed by atoms with Gasteiger partial charge in [-0.05, 0) is 18.2 Å². The largest absolute Gasteiger partial charge is 0.416 e. The van der Waals surface area contributed by atoms with Gasteiger partial charge in [0.2, 0.25) is 5.91 Å². The molecule has 1 atom stereocenters. The van der Waals surface area contributed by atoms with Gasteiger partial charge in [0.15, 0.2) is 0 Å². The normalized spacial score (nSPS) is 12.3. The van der Waals surface area contributed by atoms with E-state index in [2.05, 4.69) is 15.0 Å². The average molecular weight is 387 g/mol. The fourth-order valence-corrected chi connectivity index (χ4v) is 2.55. The number of nitrogens with zero attached hydrogens (tertiary/aromatic N) is 1. The minimum absolute atomic E-state index is 0.158. The number of hydrogen-bond donors (Lipinski definition) is 2. The highest BCUT2D eigenvalue weighted by Crippen LogP contribution is 2.33. The van der Waals surface area contributed by atoms with Gasteiger partial charge < -0.3 is 5.32 Å². The van der Waals surface area contributed by atoms with E-state index in [0.717, 1.165) is 18.3 Å². The van der Waals surface area contributed by atoms with Crippen LogP contribution in [0.4, 0.5) is 22.4 Å².